The highest BCUT2D eigenvalue weighted by molar-refractivity contribution is 7.09. The van der Waals surface area contributed by atoms with E-state index in [1.807, 2.05) is 23.3 Å². The molecule has 2 aromatic heterocycles. The molecule has 0 aliphatic rings. The Kier molecular flexibility index (Phi) is 4.96. The molecule has 0 radical (unpaired) electrons. The predicted molar refractivity (Wildman–Crippen MR) is 79.6 cm³/mol. The van der Waals surface area contributed by atoms with Gasteiger partial charge in [-0.05, 0) is 12.8 Å². The normalized spacial score (nSPS) is 12.8. The van der Waals surface area contributed by atoms with E-state index in [0.717, 1.165) is 34.3 Å². The lowest BCUT2D eigenvalue weighted by Gasteiger charge is -2.14. The van der Waals surface area contributed by atoms with Crippen LogP contribution in [0.4, 0.5) is 0 Å². The summed E-state index contributed by atoms with van der Waals surface area (Å²) >= 11 is 8.02. The van der Waals surface area contributed by atoms with Crippen molar-refractivity contribution in [1.82, 2.24) is 20.1 Å². The van der Waals surface area contributed by atoms with Gasteiger partial charge in [0.1, 0.15) is 5.01 Å². The summed E-state index contributed by atoms with van der Waals surface area (Å²) < 4.78 is 1.86. The van der Waals surface area contributed by atoms with E-state index in [4.69, 9.17) is 11.6 Å². The highest BCUT2D eigenvalue weighted by Crippen LogP contribution is 2.23. The zero-order chi connectivity index (χ0) is 13.8. The van der Waals surface area contributed by atoms with Gasteiger partial charge in [-0.15, -0.1) is 11.3 Å². The molecule has 1 atom stereocenters. The van der Waals surface area contributed by atoms with Crippen LogP contribution in [0.1, 0.15) is 42.7 Å². The van der Waals surface area contributed by atoms with Crippen molar-refractivity contribution in [2.24, 2.45) is 7.05 Å². The number of aryl methyl sites for hydroxylation is 2. The lowest BCUT2D eigenvalue weighted by atomic mass is 10.2. The number of hydrogen-bond acceptors (Lipinski definition) is 4. The van der Waals surface area contributed by atoms with E-state index < -0.39 is 0 Å². The first kappa shape index (κ1) is 14.5. The summed E-state index contributed by atoms with van der Waals surface area (Å²) in [5, 5.41) is 11.8. The zero-order valence-electron chi connectivity index (χ0n) is 11.5. The third kappa shape index (κ3) is 3.16. The molecule has 0 spiro atoms. The van der Waals surface area contributed by atoms with Crippen LogP contribution in [0.2, 0.25) is 5.02 Å². The molecule has 4 nitrogen and oxygen atoms in total. The van der Waals surface area contributed by atoms with Crippen LogP contribution >= 0.6 is 22.9 Å². The fourth-order valence-electron chi connectivity index (χ4n) is 2.04. The smallest absolute Gasteiger partial charge is 0.109 e. The lowest BCUT2D eigenvalue weighted by molar-refractivity contribution is 0.501. The molecular formula is C13H19ClN4S. The van der Waals surface area contributed by atoms with Crippen LogP contribution in [-0.2, 0) is 20.0 Å². The SMILES string of the molecule is CCc1nn(C)c(CNC(CC)c2nccs2)c1Cl. The van der Waals surface area contributed by atoms with Gasteiger partial charge in [-0.3, -0.25) is 4.68 Å². The minimum atomic E-state index is 0.274. The van der Waals surface area contributed by atoms with Gasteiger partial charge < -0.3 is 5.32 Å². The minimum Gasteiger partial charge on any atom is -0.302 e. The van der Waals surface area contributed by atoms with Crippen molar-refractivity contribution in [3.05, 3.63) is 33.0 Å². The largest absolute Gasteiger partial charge is 0.302 e. The molecule has 0 aromatic carbocycles. The fourth-order valence-corrected chi connectivity index (χ4v) is 3.20. The third-order valence-electron chi connectivity index (χ3n) is 3.18. The molecule has 1 N–H and O–H groups in total. The lowest BCUT2D eigenvalue weighted by Crippen LogP contribution is -2.21. The molecule has 104 valence electrons. The first-order chi connectivity index (χ1) is 9.17. The number of nitrogens with one attached hydrogen (secondary N) is 1. The average molecular weight is 299 g/mol. The van der Waals surface area contributed by atoms with Crippen LogP contribution < -0.4 is 5.32 Å². The summed E-state index contributed by atoms with van der Waals surface area (Å²) in [6, 6.07) is 0.274. The number of rotatable bonds is 6. The Labute approximate surface area is 122 Å². The van der Waals surface area contributed by atoms with Gasteiger partial charge in [0.15, 0.2) is 0 Å². The van der Waals surface area contributed by atoms with Crippen LogP contribution in [0.25, 0.3) is 0 Å². The van der Waals surface area contributed by atoms with E-state index in [9.17, 15) is 0 Å². The average Bonchev–Trinajstić information content (AvgIpc) is 3.01. The van der Waals surface area contributed by atoms with E-state index in [-0.39, 0.29) is 6.04 Å². The molecule has 6 heteroatoms. The van der Waals surface area contributed by atoms with E-state index in [1.165, 1.54) is 0 Å². The van der Waals surface area contributed by atoms with E-state index in [0.29, 0.717) is 6.54 Å². The maximum atomic E-state index is 6.34. The standard InChI is InChI=1S/C13H19ClN4S/c1-4-9-12(14)11(18(3)17-9)8-16-10(5-2)13-15-6-7-19-13/h6-7,10,16H,4-5,8H2,1-3H3. The van der Waals surface area contributed by atoms with Crippen LogP contribution in [0, 0.1) is 0 Å². The number of thiazole rings is 1. The summed E-state index contributed by atoms with van der Waals surface area (Å²) in [6.45, 7) is 4.93. The molecule has 0 aliphatic heterocycles. The first-order valence-electron chi connectivity index (χ1n) is 6.50. The molecule has 2 rings (SSSR count). The van der Waals surface area contributed by atoms with Crippen molar-refractivity contribution in [1.29, 1.82) is 0 Å². The maximum absolute atomic E-state index is 6.34. The van der Waals surface area contributed by atoms with Crippen molar-refractivity contribution in [2.75, 3.05) is 0 Å². The quantitative estimate of drug-likeness (QED) is 0.889. The second-order valence-electron chi connectivity index (χ2n) is 4.40. The highest BCUT2D eigenvalue weighted by Gasteiger charge is 2.16. The van der Waals surface area contributed by atoms with Crippen molar-refractivity contribution in [3.8, 4) is 0 Å². The van der Waals surface area contributed by atoms with Crippen molar-refractivity contribution in [2.45, 2.75) is 39.3 Å². The summed E-state index contributed by atoms with van der Waals surface area (Å²) in [5.41, 5.74) is 2.00. The van der Waals surface area contributed by atoms with Gasteiger partial charge in [-0.2, -0.15) is 5.10 Å². The van der Waals surface area contributed by atoms with E-state index in [2.05, 4.69) is 29.2 Å². The van der Waals surface area contributed by atoms with Crippen LogP contribution in [0.3, 0.4) is 0 Å². The van der Waals surface area contributed by atoms with E-state index in [1.54, 1.807) is 11.3 Å². The topological polar surface area (TPSA) is 42.7 Å². The Hall–Kier alpha value is -0.910. The molecule has 0 saturated heterocycles. The molecule has 0 fully saturated rings. The molecule has 0 amide bonds. The summed E-state index contributed by atoms with van der Waals surface area (Å²) in [6.07, 6.45) is 3.70. The number of halogens is 1. The van der Waals surface area contributed by atoms with Gasteiger partial charge in [-0.25, -0.2) is 4.98 Å². The van der Waals surface area contributed by atoms with Crippen molar-refractivity contribution in [3.63, 3.8) is 0 Å². The van der Waals surface area contributed by atoms with Crippen LogP contribution in [0.5, 0.6) is 0 Å². The molecule has 19 heavy (non-hydrogen) atoms. The summed E-state index contributed by atoms with van der Waals surface area (Å²) in [5.74, 6) is 0. The second kappa shape index (κ2) is 6.50. The van der Waals surface area contributed by atoms with Crippen molar-refractivity contribution < 1.29 is 0 Å². The predicted octanol–water partition coefficient (Wildman–Crippen LogP) is 3.33. The summed E-state index contributed by atoms with van der Waals surface area (Å²) in [4.78, 5) is 4.37. The molecular weight excluding hydrogens is 280 g/mol. The maximum Gasteiger partial charge on any atom is 0.109 e. The molecule has 0 saturated carbocycles. The Morgan fingerprint density at radius 3 is 2.79 bits per heavy atom. The Balaban J connectivity index is 2.08. The van der Waals surface area contributed by atoms with E-state index >= 15 is 0 Å². The molecule has 2 heterocycles. The zero-order valence-corrected chi connectivity index (χ0v) is 13.1. The fraction of sp³-hybridized carbons (Fsp3) is 0.538. The molecule has 2 aromatic rings. The Bertz CT molecular complexity index is 521. The molecule has 0 bridgehead atoms. The van der Waals surface area contributed by atoms with Gasteiger partial charge >= 0.3 is 0 Å². The molecule has 1 unspecified atom stereocenters. The summed E-state index contributed by atoms with van der Waals surface area (Å²) in [7, 11) is 1.94. The van der Waals surface area contributed by atoms with Gasteiger partial charge in [0.25, 0.3) is 0 Å². The minimum absolute atomic E-state index is 0.274. The van der Waals surface area contributed by atoms with Crippen LogP contribution in [0.15, 0.2) is 11.6 Å². The molecule has 0 aliphatic carbocycles. The second-order valence-corrected chi connectivity index (χ2v) is 5.70. The number of aromatic nitrogens is 3. The highest BCUT2D eigenvalue weighted by atomic mass is 35.5. The number of nitrogens with zero attached hydrogens (tertiary/aromatic N) is 3. The van der Waals surface area contributed by atoms with Crippen molar-refractivity contribution >= 4 is 22.9 Å². The third-order valence-corrected chi connectivity index (χ3v) is 4.50. The van der Waals surface area contributed by atoms with Gasteiger partial charge in [0.05, 0.1) is 22.5 Å². The van der Waals surface area contributed by atoms with Crippen LogP contribution in [-0.4, -0.2) is 14.8 Å². The van der Waals surface area contributed by atoms with Gasteiger partial charge in [0, 0.05) is 25.2 Å². The number of hydrogen-bond donors (Lipinski definition) is 1. The monoisotopic (exact) mass is 298 g/mol. The Morgan fingerprint density at radius 2 is 2.26 bits per heavy atom. The van der Waals surface area contributed by atoms with Gasteiger partial charge in [-0.1, -0.05) is 25.4 Å². The first-order valence-corrected chi connectivity index (χ1v) is 7.76. The van der Waals surface area contributed by atoms with Gasteiger partial charge in [0.2, 0.25) is 0 Å². The Morgan fingerprint density at radius 1 is 1.47 bits per heavy atom.